The van der Waals surface area contributed by atoms with Crippen molar-refractivity contribution >= 4 is 41.4 Å². The van der Waals surface area contributed by atoms with Gasteiger partial charge in [-0.15, -0.1) is 17.0 Å². The second-order valence-corrected chi connectivity index (χ2v) is 1.89. The van der Waals surface area contributed by atoms with Gasteiger partial charge in [0.2, 0.25) is 0 Å². The fourth-order valence-corrected chi connectivity index (χ4v) is 0.618. The van der Waals surface area contributed by atoms with Gasteiger partial charge in [-0.25, -0.2) is 14.8 Å². The molecular formula is C6H7BrN2O3. The number of aliphatic imine (C=N–C) groups is 2. The van der Waals surface area contributed by atoms with E-state index in [1.54, 1.807) is 0 Å². The van der Waals surface area contributed by atoms with Crippen LogP contribution < -0.4 is 0 Å². The van der Waals surface area contributed by atoms with E-state index >= 15 is 0 Å². The Bertz CT molecular complexity index is 233. The molecule has 0 aromatic heterocycles. The van der Waals surface area contributed by atoms with E-state index in [1.165, 1.54) is 19.5 Å². The number of urea groups is 1. The first-order chi connectivity index (χ1) is 5.24. The highest BCUT2D eigenvalue weighted by Crippen LogP contribution is 1.98. The van der Waals surface area contributed by atoms with Gasteiger partial charge in [-0.2, -0.15) is 0 Å². The van der Waals surface area contributed by atoms with Gasteiger partial charge >= 0.3 is 12.0 Å². The molecule has 0 aromatic rings. The summed E-state index contributed by atoms with van der Waals surface area (Å²) < 4.78 is 4.39. The quantitative estimate of drug-likeness (QED) is 0.626. The Morgan fingerprint density at radius 3 is 2.42 bits per heavy atom. The summed E-state index contributed by atoms with van der Waals surface area (Å²) in [6, 6.07) is -0.592. The van der Waals surface area contributed by atoms with Crippen LogP contribution in [0.2, 0.25) is 0 Å². The van der Waals surface area contributed by atoms with Crippen LogP contribution in [-0.2, 0) is 9.53 Å². The maximum absolute atomic E-state index is 10.8. The number of esters is 1. The predicted octanol–water partition coefficient (Wildman–Crippen LogP) is 0.629. The summed E-state index contributed by atoms with van der Waals surface area (Å²) in [4.78, 5) is 27.8. The van der Waals surface area contributed by atoms with E-state index in [-0.39, 0.29) is 17.0 Å². The van der Waals surface area contributed by atoms with Gasteiger partial charge in [-0.3, -0.25) is 4.79 Å². The van der Waals surface area contributed by atoms with Crippen molar-refractivity contribution in [3.63, 3.8) is 0 Å². The van der Waals surface area contributed by atoms with E-state index in [0.29, 0.717) is 0 Å². The van der Waals surface area contributed by atoms with Crippen molar-refractivity contribution in [3.05, 3.63) is 0 Å². The van der Waals surface area contributed by atoms with Gasteiger partial charge < -0.3 is 4.74 Å². The highest BCUT2D eigenvalue weighted by atomic mass is 79.9. The lowest BCUT2D eigenvalue weighted by atomic mass is 10.2. The molecule has 0 bridgehead atoms. The summed E-state index contributed by atoms with van der Waals surface area (Å²) >= 11 is 0. The lowest BCUT2D eigenvalue weighted by Gasteiger charge is -2.04. The van der Waals surface area contributed by atoms with Crippen LogP contribution in [0.5, 0.6) is 0 Å². The predicted molar refractivity (Wildman–Crippen MR) is 48.2 cm³/mol. The van der Waals surface area contributed by atoms with Gasteiger partial charge in [0, 0.05) is 12.4 Å². The third-order valence-electron chi connectivity index (χ3n) is 1.16. The number of nitrogens with zero attached hydrogens (tertiary/aromatic N) is 2. The van der Waals surface area contributed by atoms with E-state index in [2.05, 4.69) is 14.7 Å². The lowest BCUT2D eigenvalue weighted by molar-refractivity contribution is -0.140. The second kappa shape index (κ2) is 4.76. The van der Waals surface area contributed by atoms with Crippen LogP contribution >= 0.6 is 17.0 Å². The van der Waals surface area contributed by atoms with Crippen molar-refractivity contribution in [1.82, 2.24) is 0 Å². The van der Waals surface area contributed by atoms with E-state index in [0.717, 1.165) is 0 Å². The first-order valence-electron chi connectivity index (χ1n) is 2.94. The Kier molecular flexibility index (Phi) is 4.35. The Balaban J connectivity index is 0.00000121. The number of hydrogen-bond donors (Lipinski definition) is 0. The Morgan fingerprint density at radius 2 is 2.00 bits per heavy atom. The Morgan fingerprint density at radius 1 is 1.50 bits per heavy atom. The van der Waals surface area contributed by atoms with E-state index < -0.39 is 17.9 Å². The second-order valence-electron chi connectivity index (χ2n) is 1.89. The number of rotatable bonds is 1. The summed E-state index contributed by atoms with van der Waals surface area (Å²) in [6.45, 7) is 0. The molecule has 0 radical (unpaired) electrons. The lowest BCUT2D eigenvalue weighted by Crippen LogP contribution is -2.21. The normalized spacial score (nSPS) is 15.6. The monoisotopic (exact) mass is 234 g/mol. The van der Waals surface area contributed by atoms with Gasteiger partial charge in [0.25, 0.3) is 0 Å². The molecule has 0 saturated heterocycles. The zero-order valence-corrected chi connectivity index (χ0v) is 7.97. The van der Waals surface area contributed by atoms with Crippen molar-refractivity contribution in [1.29, 1.82) is 0 Å². The van der Waals surface area contributed by atoms with E-state index in [9.17, 15) is 9.59 Å². The number of hydrogen-bond acceptors (Lipinski definition) is 3. The number of methoxy groups -OCH3 is 1. The van der Waals surface area contributed by atoms with Crippen LogP contribution in [0.15, 0.2) is 9.98 Å². The minimum atomic E-state index is -0.613. The van der Waals surface area contributed by atoms with E-state index in [4.69, 9.17) is 0 Å². The van der Waals surface area contributed by atoms with Gasteiger partial charge in [0.1, 0.15) is 5.92 Å². The molecule has 1 aliphatic heterocycles. The molecule has 12 heavy (non-hydrogen) atoms. The summed E-state index contributed by atoms with van der Waals surface area (Å²) in [5, 5.41) is 0. The minimum absolute atomic E-state index is 0. The van der Waals surface area contributed by atoms with Crippen LogP contribution in [0.25, 0.3) is 0 Å². The summed E-state index contributed by atoms with van der Waals surface area (Å²) in [7, 11) is 1.26. The van der Waals surface area contributed by atoms with Crippen molar-refractivity contribution in [3.8, 4) is 0 Å². The standard InChI is InChI=1S/C6H6N2O3.BrH/c1-11-5(9)4-2-7-6(10)8-3-4;/h2-4H,1H3;1H. The zero-order valence-electron chi connectivity index (χ0n) is 6.26. The molecule has 2 amide bonds. The molecule has 0 atom stereocenters. The number of carbonyl (C=O) groups excluding carboxylic acids is 2. The molecule has 0 N–H and O–H groups in total. The Hall–Kier alpha value is -1.04. The maximum Gasteiger partial charge on any atom is 0.366 e. The van der Waals surface area contributed by atoms with Crippen LogP contribution in [-0.4, -0.2) is 31.5 Å². The van der Waals surface area contributed by atoms with Gasteiger partial charge in [-0.05, 0) is 0 Å². The molecule has 6 heteroatoms. The van der Waals surface area contributed by atoms with Crippen molar-refractivity contribution in [2.24, 2.45) is 15.9 Å². The van der Waals surface area contributed by atoms with Crippen molar-refractivity contribution < 1.29 is 14.3 Å². The van der Waals surface area contributed by atoms with Crippen molar-refractivity contribution in [2.45, 2.75) is 0 Å². The molecule has 1 heterocycles. The molecule has 1 rings (SSSR count). The maximum atomic E-state index is 10.8. The van der Waals surface area contributed by atoms with Gasteiger partial charge in [0.15, 0.2) is 0 Å². The molecule has 0 spiro atoms. The fourth-order valence-electron chi connectivity index (χ4n) is 0.618. The van der Waals surface area contributed by atoms with Crippen LogP contribution in [0.1, 0.15) is 0 Å². The Labute approximate surface area is 79.3 Å². The molecule has 1 aliphatic rings. The average Bonchev–Trinajstić information content (AvgIpc) is 2.05. The molecule has 66 valence electrons. The highest BCUT2D eigenvalue weighted by Gasteiger charge is 2.17. The molecule has 0 aromatic carbocycles. The third-order valence-corrected chi connectivity index (χ3v) is 1.16. The van der Waals surface area contributed by atoms with Crippen LogP contribution in [0.4, 0.5) is 4.79 Å². The highest BCUT2D eigenvalue weighted by molar-refractivity contribution is 8.93. The molecular weight excluding hydrogens is 228 g/mol. The molecule has 0 unspecified atom stereocenters. The number of carbonyl (C=O) groups is 2. The largest absolute Gasteiger partial charge is 0.468 e. The molecule has 0 fully saturated rings. The van der Waals surface area contributed by atoms with Gasteiger partial charge in [-0.1, -0.05) is 0 Å². The zero-order chi connectivity index (χ0) is 8.27. The number of amides is 2. The number of halogens is 1. The van der Waals surface area contributed by atoms with E-state index in [1.807, 2.05) is 0 Å². The first-order valence-corrected chi connectivity index (χ1v) is 2.94. The molecule has 5 nitrogen and oxygen atoms in total. The summed E-state index contributed by atoms with van der Waals surface area (Å²) in [5.41, 5.74) is 0. The molecule has 0 aliphatic carbocycles. The smallest absolute Gasteiger partial charge is 0.366 e. The fraction of sp³-hybridized carbons (Fsp3) is 0.333. The average molecular weight is 235 g/mol. The molecule has 0 saturated carbocycles. The van der Waals surface area contributed by atoms with Crippen molar-refractivity contribution in [2.75, 3.05) is 7.11 Å². The summed E-state index contributed by atoms with van der Waals surface area (Å²) in [6.07, 6.45) is 2.42. The van der Waals surface area contributed by atoms with Crippen LogP contribution in [0, 0.1) is 5.92 Å². The minimum Gasteiger partial charge on any atom is -0.468 e. The van der Waals surface area contributed by atoms with Crippen LogP contribution in [0.3, 0.4) is 0 Å². The third kappa shape index (κ3) is 2.54. The number of ether oxygens (including phenoxy) is 1. The topological polar surface area (TPSA) is 68.1 Å². The van der Waals surface area contributed by atoms with Gasteiger partial charge in [0.05, 0.1) is 7.11 Å². The SMILES string of the molecule is Br.COC(=O)C1C=NC(=O)N=C1. The summed E-state index contributed by atoms with van der Waals surface area (Å²) in [5.74, 6) is -1.08. The first kappa shape index (κ1) is 11.0.